The summed E-state index contributed by atoms with van der Waals surface area (Å²) in [5.41, 5.74) is 0. The average Bonchev–Trinajstić information content (AvgIpc) is 3.00. The second-order valence-corrected chi connectivity index (χ2v) is 10.1. The Labute approximate surface area is 247 Å². The number of fused-ring (bicyclic) bond motifs is 1. The first kappa shape index (κ1) is 34.4. The highest BCUT2D eigenvalue weighted by molar-refractivity contribution is 5.87. The van der Waals surface area contributed by atoms with Crippen LogP contribution in [0, 0.1) is 35.5 Å². The Morgan fingerprint density at radius 1 is 0.500 bits per heavy atom. The van der Waals surface area contributed by atoms with E-state index in [9.17, 15) is 19.2 Å². The van der Waals surface area contributed by atoms with Crippen molar-refractivity contribution in [3.8, 4) is 0 Å². The third kappa shape index (κ3) is 10.9. The van der Waals surface area contributed by atoms with E-state index in [2.05, 4.69) is 26.3 Å². The summed E-state index contributed by atoms with van der Waals surface area (Å²) in [6.45, 7) is 14.7. The number of hydrogen-bond acceptors (Lipinski definition) is 11. The Bertz CT molecular complexity index is 784. The van der Waals surface area contributed by atoms with Crippen LogP contribution in [0.15, 0.2) is 51.4 Å². The first-order valence-corrected chi connectivity index (χ1v) is 14.3. The van der Waals surface area contributed by atoms with Gasteiger partial charge < -0.3 is 33.2 Å². The van der Waals surface area contributed by atoms with Crippen LogP contribution >= 0.6 is 0 Å². The van der Waals surface area contributed by atoms with Crippen molar-refractivity contribution in [1.82, 2.24) is 0 Å². The molecule has 0 saturated heterocycles. The molecule has 2 saturated carbocycles. The number of ether oxygens (including phenoxy) is 7. The minimum atomic E-state index is -0.774. The molecule has 11 heteroatoms. The van der Waals surface area contributed by atoms with Crippen LogP contribution in [0.2, 0.25) is 0 Å². The Morgan fingerprint density at radius 3 is 1.21 bits per heavy atom. The lowest BCUT2D eigenvalue weighted by atomic mass is 9.58. The molecule has 0 amide bonds. The molecule has 0 heterocycles. The van der Waals surface area contributed by atoms with Crippen molar-refractivity contribution in [3.05, 3.63) is 51.4 Å². The van der Waals surface area contributed by atoms with Crippen LogP contribution in [-0.4, -0.2) is 69.9 Å². The molecule has 6 atom stereocenters. The normalized spacial score (nSPS) is 24.5. The maximum atomic E-state index is 13.4. The van der Waals surface area contributed by atoms with Crippen molar-refractivity contribution >= 4 is 23.7 Å². The predicted molar refractivity (Wildman–Crippen MR) is 151 cm³/mol. The van der Waals surface area contributed by atoms with E-state index in [4.69, 9.17) is 33.2 Å². The van der Waals surface area contributed by atoms with E-state index in [-0.39, 0.29) is 63.7 Å². The van der Waals surface area contributed by atoms with Crippen molar-refractivity contribution in [2.45, 2.75) is 38.5 Å². The van der Waals surface area contributed by atoms with Gasteiger partial charge in [-0.15, -0.1) is 0 Å². The molecule has 0 aliphatic heterocycles. The molecular formula is C31H44O11. The summed E-state index contributed by atoms with van der Waals surface area (Å²) in [6.07, 6.45) is 7.18. The van der Waals surface area contributed by atoms with Gasteiger partial charge in [-0.25, -0.2) is 0 Å². The van der Waals surface area contributed by atoms with Crippen molar-refractivity contribution in [2.24, 2.45) is 35.5 Å². The molecule has 2 fully saturated rings. The molecule has 2 aliphatic carbocycles. The van der Waals surface area contributed by atoms with E-state index in [0.29, 0.717) is 38.7 Å². The minimum Gasteiger partial charge on any atom is -0.502 e. The van der Waals surface area contributed by atoms with Gasteiger partial charge in [0.25, 0.3) is 0 Å². The van der Waals surface area contributed by atoms with Gasteiger partial charge in [-0.2, -0.15) is 0 Å². The molecule has 234 valence electrons. The average molecular weight is 593 g/mol. The fourth-order valence-corrected chi connectivity index (χ4v) is 5.80. The number of carbonyl (C=O) groups excluding carboxylic acids is 4. The van der Waals surface area contributed by atoms with E-state index >= 15 is 0 Å². The number of rotatable bonds is 21. The zero-order chi connectivity index (χ0) is 30.7. The van der Waals surface area contributed by atoms with Crippen LogP contribution < -0.4 is 0 Å². The van der Waals surface area contributed by atoms with Gasteiger partial charge in [0.05, 0.1) is 49.4 Å². The topological polar surface area (TPSA) is 133 Å². The summed E-state index contributed by atoms with van der Waals surface area (Å²) in [5.74, 6) is -4.59. The van der Waals surface area contributed by atoms with E-state index in [1.807, 2.05) is 0 Å². The van der Waals surface area contributed by atoms with Crippen molar-refractivity contribution in [2.75, 3.05) is 46.2 Å². The standard InChI is InChI=1S/C31H44O11/c1-5-36-11-9-10-28(32)24-18-22-20-26(30(34)41-16-13-38-7-3)27(31(35)42-17-14-39-8-4)21-23(22)19-25(24)29(33)40-15-12-37-6-2/h5-8,22-27H,1-4,9-21H2. The van der Waals surface area contributed by atoms with Crippen LogP contribution in [0.4, 0.5) is 0 Å². The Morgan fingerprint density at radius 2 is 0.833 bits per heavy atom. The molecule has 11 nitrogen and oxygen atoms in total. The third-order valence-corrected chi connectivity index (χ3v) is 7.68. The number of hydrogen-bond donors (Lipinski definition) is 0. The first-order valence-electron chi connectivity index (χ1n) is 14.3. The van der Waals surface area contributed by atoms with Gasteiger partial charge in [0.1, 0.15) is 45.4 Å². The highest BCUT2D eigenvalue weighted by atomic mass is 16.6. The van der Waals surface area contributed by atoms with Crippen LogP contribution in [-0.2, 0) is 52.3 Å². The molecule has 6 unspecified atom stereocenters. The number of carbonyl (C=O) groups is 4. The molecule has 42 heavy (non-hydrogen) atoms. The molecule has 0 spiro atoms. The quantitative estimate of drug-likeness (QED) is 0.0832. The lowest BCUT2D eigenvalue weighted by Gasteiger charge is -2.46. The highest BCUT2D eigenvalue weighted by Gasteiger charge is 2.51. The number of ketones is 1. The monoisotopic (exact) mass is 592 g/mol. The Balaban J connectivity index is 2.22. The second kappa shape index (κ2) is 19.4. The zero-order valence-electron chi connectivity index (χ0n) is 24.3. The second-order valence-electron chi connectivity index (χ2n) is 10.1. The fourth-order valence-electron chi connectivity index (χ4n) is 5.80. The van der Waals surface area contributed by atoms with Gasteiger partial charge in [-0.3, -0.25) is 19.2 Å². The summed E-state index contributed by atoms with van der Waals surface area (Å²) in [4.78, 5) is 52.9. The molecule has 0 aromatic rings. The maximum Gasteiger partial charge on any atom is 0.309 e. The van der Waals surface area contributed by atoms with Crippen molar-refractivity contribution < 1.29 is 52.3 Å². The van der Waals surface area contributed by atoms with Crippen LogP contribution in [0.1, 0.15) is 38.5 Å². The maximum absolute atomic E-state index is 13.4. The molecule has 0 aromatic heterocycles. The smallest absolute Gasteiger partial charge is 0.309 e. The summed E-state index contributed by atoms with van der Waals surface area (Å²) < 4.78 is 36.6. The van der Waals surface area contributed by atoms with Crippen LogP contribution in [0.25, 0.3) is 0 Å². The van der Waals surface area contributed by atoms with Gasteiger partial charge in [-0.1, -0.05) is 26.3 Å². The van der Waals surface area contributed by atoms with Crippen molar-refractivity contribution in [3.63, 3.8) is 0 Å². The molecule has 2 rings (SSSR count). The fraction of sp³-hybridized carbons (Fsp3) is 0.613. The van der Waals surface area contributed by atoms with E-state index in [1.165, 1.54) is 25.0 Å². The van der Waals surface area contributed by atoms with Gasteiger partial charge in [-0.05, 0) is 43.9 Å². The van der Waals surface area contributed by atoms with Gasteiger partial charge in [0.15, 0.2) is 0 Å². The van der Waals surface area contributed by atoms with Gasteiger partial charge in [0.2, 0.25) is 0 Å². The first-order chi connectivity index (χ1) is 20.4. The Hall–Kier alpha value is -3.76. The predicted octanol–water partition coefficient (Wildman–Crippen LogP) is 3.89. The van der Waals surface area contributed by atoms with E-state index < -0.39 is 41.6 Å². The summed E-state index contributed by atoms with van der Waals surface area (Å²) >= 11 is 0. The summed E-state index contributed by atoms with van der Waals surface area (Å²) in [5, 5.41) is 0. The van der Waals surface area contributed by atoms with Crippen LogP contribution in [0.3, 0.4) is 0 Å². The van der Waals surface area contributed by atoms with Gasteiger partial charge >= 0.3 is 17.9 Å². The summed E-state index contributed by atoms with van der Waals surface area (Å²) in [6, 6.07) is 0. The highest BCUT2D eigenvalue weighted by Crippen LogP contribution is 2.50. The number of Topliss-reactive ketones (excluding diaryl/α,β-unsaturated/α-hetero) is 1. The molecular weight excluding hydrogens is 548 g/mol. The summed E-state index contributed by atoms with van der Waals surface area (Å²) in [7, 11) is 0. The molecule has 2 aliphatic rings. The lowest BCUT2D eigenvalue weighted by Crippen LogP contribution is -2.48. The SMILES string of the molecule is C=COCCCC(=O)C1CC2CC(C(=O)OCCOC=C)C(C(=O)OCCOC=C)CC2CC1C(=O)OCCOC=C. The molecule has 0 N–H and O–H groups in total. The van der Waals surface area contributed by atoms with Crippen LogP contribution in [0.5, 0.6) is 0 Å². The molecule has 0 bridgehead atoms. The molecule has 0 radical (unpaired) electrons. The largest absolute Gasteiger partial charge is 0.502 e. The minimum absolute atomic E-state index is 0.00172. The van der Waals surface area contributed by atoms with E-state index in [0.717, 1.165) is 0 Å². The van der Waals surface area contributed by atoms with Crippen molar-refractivity contribution in [1.29, 1.82) is 0 Å². The zero-order valence-corrected chi connectivity index (χ0v) is 24.3. The lowest BCUT2D eigenvalue weighted by molar-refractivity contribution is -0.170. The molecule has 0 aromatic carbocycles. The van der Waals surface area contributed by atoms with Gasteiger partial charge in [0, 0.05) is 12.3 Å². The third-order valence-electron chi connectivity index (χ3n) is 7.68. The van der Waals surface area contributed by atoms with E-state index in [1.54, 1.807) is 0 Å². The number of esters is 3. The Kier molecular flexibility index (Phi) is 15.9.